The average molecular weight is 410 g/mol. The average Bonchev–Trinajstić information content (AvgIpc) is 2.98. The van der Waals surface area contributed by atoms with E-state index in [4.69, 9.17) is 4.98 Å². The number of nitrogens with one attached hydrogen (secondary N) is 2. The van der Waals surface area contributed by atoms with Gasteiger partial charge in [0.2, 0.25) is 9.84 Å². The SMILES string of the molecule is O=S(=O)(c1ccc2nc(C3CCCCCC3)[nH]c2c1)c1cccc2c1CCNC2. The lowest BCUT2D eigenvalue weighted by atomic mass is 10.00. The molecule has 2 aliphatic rings. The van der Waals surface area contributed by atoms with Crippen LogP contribution in [-0.4, -0.2) is 24.9 Å². The summed E-state index contributed by atoms with van der Waals surface area (Å²) in [4.78, 5) is 9.00. The lowest BCUT2D eigenvalue weighted by Gasteiger charge is -2.20. The Labute approximate surface area is 171 Å². The standard InChI is InChI=1S/C23H27N3O2S/c27-29(28,22-9-5-8-17-15-24-13-12-19(17)22)18-10-11-20-21(14-18)26-23(25-20)16-6-3-1-2-4-7-16/h5,8-11,14,16,24H,1-4,6-7,12-13,15H2,(H,25,26). The molecule has 1 aromatic heterocycles. The van der Waals surface area contributed by atoms with Gasteiger partial charge in [-0.25, -0.2) is 13.4 Å². The Kier molecular flexibility index (Phi) is 4.92. The highest BCUT2D eigenvalue weighted by atomic mass is 32.2. The van der Waals surface area contributed by atoms with E-state index in [9.17, 15) is 8.42 Å². The highest BCUT2D eigenvalue weighted by molar-refractivity contribution is 7.91. The summed E-state index contributed by atoms with van der Waals surface area (Å²) in [5.41, 5.74) is 3.70. The zero-order valence-corrected chi connectivity index (χ0v) is 17.4. The smallest absolute Gasteiger partial charge is 0.206 e. The summed E-state index contributed by atoms with van der Waals surface area (Å²) in [7, 11) is -3.57. The molecular weight excluding hydrogens is 382 g/mol. The second-order valence-electron chi connectivity index (χ2n) is 8.31. The van der Waals surface area contributed by atoms with Gasteiger partial charge in [0.05, 0.1) is 20.8 Å². The van der Waals surface area contributed by atoms with Gasteiger partial charge in [-0.1, -0.05) is 37.8 Å². The molecule has 0 atom stereocenters. The number of H-pyrrole nitrogens is 1. The van der Waals surface area contributed by atoms with Crippen LogP contribution in [0.4, 0.5) is 0 Å². The number of aromatic amines is 1. The summed E-state index contributed by atoms with van der Waals surface area (Å²) < 4.78 is 26.9. The maximum Gasteiger partial charge on any atom is 0.206 e. The number of nitrogens with zero attached hydrogens (tertiary/aromatic N) is 1. The molecule has 2 N–H and O–H groups in total. The third-order valence-corrected chi connectivity index (χ3v) is 8.25. The summed E-state index contributed by atoms with van der Waals surface area (Å²) in [6.45, 7) is 1.53. The Morgan fingerprint density at radius 3 is 2.66 bits per heavy atom. The van der Waals surface area contributed by atoms with E-state index in [2.05, 4.69) is 10.3 Å². The Balaban J connectivity index is 1.53. The van der Waals surface area contributed by atoms with Gasteiger partial charge in [-0.15, -0.1) is 0 Å². The molecule has 6 heteroatoms. The minimum atomic E-state index is -3.57. The van der Waals surface area contributed by atoms with Crippen molar-refractivity contribution in [2.45, 2.75) is 67.2 Å². The second kappa shape index (κ2) is 7.58. The fraction of sp³-hybridized carbons (Fsp3) is 0.435. The molecule has 1 aliphatic carbocycles. The molecule has 2 aromatic carbocycles. The number of fused-ring (bicyclic) bond motifs is 2. The van der Waals surface area contributed by atoms with E-state index in [-0.39, 0.29) is 0 Å². The molecule has 0 radical (unpaired) electrons. The number of imidazole rings is 1. The van der Waals surface area contributed by atoms with E-state index in [0.717, 1.165) is 60.3 Å². The molecule has 0 amide bonds. The summed E-state index contributed by atoms with van der Waals surface area (Å²) in [5, 5.41) is 3.31. The quantitative estimate of drug-likeness (QED) is 0.626. The van der Waals surface area contributed by atoms with Gasteiger partial charge in [-0.2, -0.15) is 0 Å². The van der Waals surface area contributed by atoms with Crippen molar-refractivity contribution in [3.8, 4) is 0 Å². The lowest BCUT2D eigenvalue weighted by Crippen LogP contribution is -2.25. The summed E-state index contributed by atoms with van der Waals surface area (Å²) in [6, 6.07) is 10.9. The molecule has 29 heavy (non-hydrogen) atoms. The van der Waals surface area contributed by atoms with Crippen molar-refractivity contribution >= 4 is 20.9 Å². The number of benzene rings is 2. The first-order chi connectivity index (χ1) is 14.1. The van der Waals surface area contributed by atoms with Crippen LogP contribution in [0.25, 0.3) is 11.0 Å². The van der Waals surface area contributed by atoms with Crippen LogP contribution in [0.1, 0.15) is 61.4 Å². The van der Waals surface area contributed by atoms with Crippen molar-refractivity contribution < 1.29 is 8.42 Å². The Morgan fingerprint density at radius 2 is 1.83 bits per heavy atom. The molecule has 1 saturated carbocycles. The molecule has 1 aliphatic heterocycles. The monoisotopic (exact) mass is 409 g/mol. The van der Waals surface area contributed by atoms with Crippen LogP contribution in [0.2, 0.25) is 0 Å². The Morgan fingerprint density at radius 1 is 1.00 bits per heavy atom. The second-order valence-corrected chi connectivity index (χ2v) is 10.2. The predicted molar refractivity (Wildman–Crippen MR) is 114 cm³/mol. The van der Waals surface area contributed by atoms with E-state index < -0.39 is 9.84 Å². The van der Waals surface area contributed by atoms with E-state index in [1.807, 2.05) is 18.2 Å². The molecule has 3 aromatic rings. The van der Waals surface area contributed by atoms with Crippen molar-refractivity contribution in [1.29, 1.82) is 0 Å². The minimum Gasteiger partial charge on any atom is -0.342 e. The van der Waals surface area contributed by atoms with Crippen LogP contribution in [-0.2, 0) is 22.8 Å². The number of rotatable bonds is 3. The molecule has 152 valence electrons. The Hall–Kier alpha value is -2.18. The van der Waals surface area contributed by atoms with Crippen LogP contribution in [0.15, 0.2) is 46.2 Å². The van der Waals surface area contributed by atoms with Crippen molar-refractivity contribution in [3.63, 3.8) is 0 Å². The molecule has 0 bridgehead atoms. The largest absolute Gasteiger partial charge is 0.342 e. The molecule has 5 rings (SSSR count). The van der Waals surface area contributed by atoms with Crippen molar-refractivity contribution in [1.82, 2.24) is 15.3 Å². The van der Waals surface area contributed by atoms with Crippen LogP contribution in [0.3, 0.4) is 0 Å². The first kappa shape index (κ1) is 18.8. The molecule has 0 spiro atoms. The van der Waals surface area contributed by atoms with Crippen molar-refractivity contribution in [3.05, 3.63) is 53.3 Å². The first-order valence-corrected chi connectivity index (χ1v) is 12.2. The first-order valence-electron chi connectivity index (χ1n) is 10.7. The van der Waals surface area contributed by atoms with Gasteiger partial charge >= 0.3 is 0 Å². The predicted octanol–water partition coefficient (Wildman–Crippen LogP) is 4.48. The van der Waals surface area contributed by atoms with Crippen LogP contribution >= 0.6 is 0 Å². The van der Waals surface area contributed by atoms with Gasteiger partial charge in [0, 0.05) is 12.5 Å². The summed E-state index contributed by atoms with van der Waals surface area (Å²) >= 11 is 0. The highest BCUT2D eigenvalue weighted by Crippen LogP contribution is 2.33. The maximum atomic E-state index is 13.4. The van der Waals surface area contributed by atoms with Crippen molar-refractivity contribution in [2.75, 3.05) is 6.54 Å². The molecule has 2 heterocycles. The van der Waals surface area contributed by atoms with Crippen molar-refractivity contribution in [2.24, 2.45) is 0 Å². The fourth-order valence-electron chi connectivity index (χ4n) is 4.80. The third-order valence-electron chi connectivity index (χ3n) is 6.41. The highest BCUT2D eigenvalue weighted by Gasteiger charge is 2.25. The van der Waals surface area contributed by atoms with E-state index in [1.165, 1.54) is 25.7 Å². The lowest BCUT2D eigenvalue weighted by molar-refractivity contribution is 0.567. The van der Waals surface area contributed by atoms with Gasteiger partial charge < -0.3 is 10.3 Å². The molecule has 1 fully saturated rings. The van der Waals surface area contributed by atoms with Gasteiger partial charge in [0.15, 0.2) is 0 Å². The molecule has 5 nitrogen and oxygen atoms in total. The van der Waals surface area contributed by atoms with Gasteiger partial charge in [-0.05, 0) is 61.2 Å². The number of hydrogen-bond donors (Lipinski definition) is 2. The number of sulfone groups is 1. The van der Waals surface area contributed by atoms with Crippen LogP contribution in [0.5, 0.6) is 0 Å². The van der Waals surface area contributed by atoms with E-state index in [0.29, 0.717) is 15.7 Å². The number of hydrogen-bond acceptors (Lipinski definition) is 4. The zero-order valence-electron chi connectivity index (χ0n) is 16.6. The normalized spacial score (nSPS) is 18.5. The Bertz CT molecular complexity index is 1140. The summed E-state index contributed by atoms with van der Waals surface area (Å²) in [6.07, 6.45) is 8.16. The van der Waals surface area contributed by atoms with Crippen LogP contribution < -0.4 is 5.32 Å². The minimum absolute atomic E-state index is 0.341. The topological polar surface area (TPSA) is 74.8 Å². The maximum absolute atomic E-state index is 13.4. The molecular formula is C23H27N3O2S. The van der Waals surface area contributed by atoms with E-state index in [1.54, 1.807) is 18.2 Å². The molecule has 0 saturated heterocycles. The van der Waals surface area contributed by atoms with Gasteiger partial charge in [0.25, 0.3) is 0 Å². The van der Waals surface area contributed by atoms with Gasteiger partial charge in [0.1, 0.15) is 5.82 Å². The fourth-order valence-corrected chi connectivity index (χ4v) is 6.39. The zero-order chi connectivity index (χ0) is 19.8. The summed E-state index contributed by atoms with van der Waals surface area (Å²) in [5.74, 6) is 1.47. The van der Waals surface area contributed by atoms with Gasteiger partial charge in [-0.3, -0.25) is 0 Å². The number of aromatic nitrogens is 2. The van der Waals surface area contributed by atoms with Crippen LogP contribution in [0, 0.1) is 0 Å². The third kappa shape index (κ3) is 3.49. The molecule has 0 unspecified atom stereocenters. The van der Waals surface area contributed by atoms with E-state index >= 15 is 0 Å².